The summed E-state index contributed by atoms with van der Waals surface area (Å²) in [5.74, 6) is 0.125. The summed E-state index contributed by atoms with van der Waals surface area (Å²) >= 11 is 5.52. The van der Waals surface area contributed by atoms with Gasteiger partial charge < -0.3 is 4.74 Å². The third-order valence-corrected chi connectivity index (χ3v) is 2.92. The molecule has 0 unspecified atom stereocenters. The molecule has 0 bridgehead atoms. The summed E-state index contributed by atoms with van der Waals surface area (Å²) in [4.78, 5) is 11.5. The summed E-state index contributed by atoms with van der Waals surface area (Å²) in [5.41, 5.74) is -0.542. The van der Waals surface area contributed by atoms with Gasteiger partial charge in [0.05, 0.1) is 5.88 Å². The monoisotopic (exact) mass is 190 g/mol. The molecule has 0 aromatic rings. The molecule has 0 N–H and O–H groups in total. The van der Waals surface area contributed by atoms with Crippen LogP contribution in [0.15, 0.2) is 0 Å². The Morgan fingerprint density at radius 3 is 2.42 bits per heavy atom. The summed E-state index contributed by atoms with van der Waals surface area (Å²) in [5, 5.41) is 0. The molecule has 0 aliphatic heterocycles. The predicted octanol–water partition coefficient (Wildman–Crippen LogP) is 2.14. The highest BCUT2D eigenvalue weighted by molar-refractivity contribution is 6.28. The van der Waals surface area contributed by atoms with Gasteiger partial charge in [0.2, 0.25) is 0 Å². The van der Waals surface area contributed by atoms with Gasteiger partial charge in [-0.2, -0.15) is 0 Å². The topological polar surface area (TPSA) is 26.3 Å². The number of rotatable bonds is 3. The standard InChI is InChI=1S/C9H15ClO2/c1-12-9(8(11)7-10)5-3-2-4-6-9/h2-7H2,1H3. The number of methoxy groups -OCH3 is 1. The fourth-order valence-electron chi connectivity index (χ4n) is 1.84. The van der Waals surface area contributed by atoms with Crippen LogP contribution >= 0.6 is 11.6 Å². The van der Waals surface area contributed by atoms with Crippen LogP contribution in [0.1, 0.15) is 32.1 Å². The molecule has 2 nitrogen and oxygen atoms in total. The van der Waals surface area contributed by atoms with Crippen LogP contribution in [-0.4, -0.2) is 24.4 Å². The van der Waals surface area contributed by atoms with E-state index in [9.17, 15) is 4.79 Å². The number of hydrogen-bond donors (Lipinski definition) is 0. The minimum atomic E-state index is -0.542. The Labute approximate surface area is 78.2 Å². The van der Waals surface area contributed by atoms with Crippen molar-refractivity contribution in [2.24, 2.45) is 0 Å². The number of carbonyl (C=O) groups is 1. The highest BCUT2D eigenvalue weighted by Gasteiger charge is 2.38. The molecule has 1 aliphatic carbocycles. The number of hydrogen-bond acceptors (Lipinski definition) is 2. The lowest BCUT2D eigenvalue weighted by Gasteiger charge is -2.33. The molecule has 0 radical (unpaired) electrons. The van der Waals surface area contributed by atoms with E-state index in [1.807, 2.05) is 0 Å². The van der Waals surface area contributed by atoms with Crippen molar-refractivity contribution in [3.63, 3.8) is 0 Å². The summed E-state index contributed by atoms with van der Waals surface area (Å²) in [7, 11) is 1.61. The molecular formula is C9H15ClO2. The lowest BCUT2D eigenvalue weighted by atomic mass is 9.82. The summed E-state index contributed by atoms with van der Waals surface area (Å²) in [6.45, 7) is 0. The first-order valence-corrected chi connectivity index (χ1v) is 4.93. The summed E-state index contributed by atoms with van der Waals surface area (Å²) < 4.78 is 5.30. The van der Waals surface area contributed by atoms with Crippen LogP contribution < -0.4 is 0 Å². The Morgan fingerprint density at radius 2 is 2.00 bits per heavy atom. The Kier molecular flexibility index (Phi) is 3.53. The smallest absolute Gasteiger partial charge is 0.179 e. The van der Waals surface area contributed by atoms with Crippen molar-refractivity contribution in [2.75, 3.05) is 13.0 Å². The maximum absolute atomic E-state index is 11.5. The Morgan fingerprint density at radius 1 is 1.42 bits per heavy atom. The molecule has 1 fully saturated rings. The van der Waals surface area contributed by atoms with E-state index in [-0.39, 0.29) is 11.7 Å². The minimum absolute atomic E-state index is 0.0476. The molecule has 0 atom stereocenters. The van der Waals surface area contributed by atoms with E-state index in [1.165, 1.54) is 6.42 Å². The van der Waals surface area contributed by atoms with Crippen LogP contribution in [0, 0.1) is 0 Å². The van der Waals surface area contributed by atoms with Crippen LogP contribution in [0.4, 0.5) is 0 Å². The molecule has 0 aromatic carbocycles. The molecule has 0 amide bonds. The third-order valence-electron chi connectivity index (χ3n) is 2.68. The van der Waals surface area contributed by atoms with Crippen LogP contribution in [0.5, 0.6) is 0 Å². The number of ether oxygens (including phenoxy) is 1. The molecule has 3 heteroatoms. The quantitative estimate of drug-likeness (QED) is 0.638. The zero-order valence-corrected chi connectivity index (χ0v) is 8.19. The molecule has 12 heavy (non-hydrogen) atoms. The number of halogens is 1. The average molecular weight is 191 g/mol. The van der Waals surface area contributed by atoms with Crippen LogP contribution in [0.2, 0.25) is 0 Å². The van der Waals surface area contributed by atoms with E-state index >= 15 is 0 Å². The molecule has 1 saturated carbocycles. The SMILES string of the molecule is COC1(C(=O)CCl)CCCCC1. The second-order valence-corrected chi connectivity index (χ2v) is 3.58. The van der Waals surface area contributed by atoms with Crippen molar-refractivity contribution in [3.05, 3.63) is 0 Å². The highest BCUT2D eigenvalue weighted by Crippen LogP contribution is 2.32. The van der Waals surface area contributed by atoms with Gasteiger partial charge in [-0.25, -0.2) is 0 Å². The second kappa shape index (κ2) is 4.24. The molecule has 0 heterocycles. The van der Waals surface area contributed by atoms with Gasteiger partial charge in [-0.3, -0.25) is 4.79 Å². The third kappa shape index (κ3) is 1.80. The summed E-state index contributed by atoms with van der Waals surface area (Å²) in [6, 6.07) is 0. The van der Waals surface area contributed by atoms with Crippen molar-refractivity contribution in [2.45, 2.75) is 37.7 Å². The fraction of sp³-hybridized carbons (Fsp3) is 0.889. The number of alkyl halides is 1. The highest BCUT2D eigenvalue weighted by atomic mass is 35.5. The van der Waals surface area contributed by atoms with Gasteiger partial charge in [-0.1, -0.05) is 19.3 Å². The van der Waals surface area contributed by atoms with Gasteiger partial charge in [0.25, 0.3) is 0 Å². The molecule has 0 aromatic heterocycles. The normalized spacial score (nSPS) is 22.2. The van der Waals surface area contributed by atoms with Gasteiger partial charge >= 0.3 is 0 Å². The first kappa shape index (κ1) is 10.0. The molecule has 0 spiro atoms. The molecule has 1 aliphatic rings. The van der Waals surface area contributed by atoms with Crippen molar-refractivity contribution in [1.82, 2.24) is 0 Å². The van der Waals surface area contributed by atoms with Gasteiger partial charge in [0.1, 0.15) is 5.60 Å². The number of Topliss-reactive ketones (excluding diaryl/α,β-unsaturated/α-hetero) is 1. The Hall–Kier alpha value is -0.0800. The van der Waals surface area contributed by atoms with Crippen molar-refractivity contribution < 1.29 is 9.53 Å². The number of ketones is 1. The first-order valence-electron chi connectivity index (χ1n) is 4.39. The van der Waals surface area contributed by atoms with Crippen LogP contribution in [-0.2, 0) is 9.53 Å². The Balaban J connectivity index is 2.66. The largest absolute Gasteiger partial charge is 0.370 e. The maximum atomic E-state index is 11.5. The first-order chi connectivity index (χ1) is 5.75. The Bertz CT molecular complexity index is 162. The van der Waals surface area contributed by atoms with E-state index in [4.69, 9.17) is 16.3 Å². The van der Waals surface area contributed by atoms with E-state index in [2.05, 4.69) is 0 Å². The molecule has 0 saturated heterocycles. The molecule has 1 rings (SSSR count). The van der Waals surface area contributed by atoms with E-state index < -0.39 is 5.60 Å². The van der Waals surface area contributed by atoms with E-state index in [0.29, 0.717) is 0 Å². The summed E-state index contributed by atoms with van der Waals surface area (Å²) in [6.07, 6.45) is 5.05. The fourth-order valence-corrected chi connectivity index (χ4v) is 2.08. The lowest BCUT2D eigenvalue weighted by molar-refractivity contribution is -0.142. The van der Waals surface area contributed by atoms with Gasteiger partial charge in [-0.05, 0) is 12.8 Å². The van der Waals surface area contributed by atoms with Crippen LogP contribution in [0.3, 0.4) is 0 Å². The van der Waals surface area contributed by atoms with Gasteiger partial charge in [0.15, 0.2) is 5.78 Å². The average Bonchev–Trinajstić information content (AvgIpc) is 2.17. The van der Waals surface area contributed by atoms with E-state index in [0.717, 1.165) is 25.7 Å². The lowest BCUT2D eigenvalue weighted by Crippen LogP contribution is -2.43. The molecular weight excluding hydrogens is 176 g/mol. The molecule has 70 valence electrons. The van der Waals surface area contributed by atoms with Gasteiger partial charge in [0, 0.05) is 7.11 Å². The second-order valence-electron chi connectivity index (χ2n) is 3.32. The van der Waals surface area contributed by atoms with Crippen molar-refractivity contribution in [1.29, 1.82) is 0 Å². The van der Waals surface area contributed by atoms with Crippen LogP contribution in [0.25, 0.3) is 0 Å². The van der Waals surface area contributed by atoms with Crippen molar-refractivity contribution >= 4 is 17.4 Å². The van der Waals surface area contributed by atoms with Gasteiger partial charge in [-0.15, -0.1) is 11.6 Å². The number of carbonyl (C=O) groups excluding carboxylic acids is 1. The van der Waals surface area contributed by atoms with E-state index in [1.54, 1.807) is 7.11 Å². The minimum Gasteiger partial charge on any atom is -0.370 e. The van der Waals surface area contributed by atoms with Crippen molar-refractivity contribution in [3.8, 4) is 0 Å². The zero-order valence-electron chi connectivity index (χ0n) is 7.44. The predicted molar refractivity (Wildman–Crippen MR) is 48.6 cm³/mol. The maximum Gasteiger partial charge on any atom is 0.179 e. The zero-order chi connectivity index (χ0) is 9.03.